The van der Waals surface area contributed by atoms with Gasteiger partial charge in [0, 0.05) is 26.2 Å². The van der Waals surface area contributed by atoms with Crippen molar-refractivity contribution in [2.75, 3.05) is 19.8 Å². The predicted octanol–water partition coefficient (Wildman–Crippen LogP) is 1.02. The van der Waals surface area contributed by atoms with Gasteiger partial charge >= 0.3 is 0 Å². The maximum atomic E-state index is 6.20. The van der Waals surface area contributed by atoms with Gasteiger partial charge in [-0.15, -0.1) is 0 Å². The van der Waals surface area contributed by atoms with Gasteiger partial charge in [0.1, 0.15) is 5.60 Å². The first kappa shape index (κ1) is 12.1. The van der Waals surface area contributed by atoms with Gasteiger partial charge < -0.3 is 14.8 Å². The Balaban J connectivity index is 2.04. The lowest BCUT2D eigenvalue weighted by Gasteiger charge is -2.48. The van der Waals surface area contributed by atoms with Gasteiger partial charge in [-0.2, -0.15) is 5.10 Å². The molecule has 2 fully saturated rings. The van der Waals surface area contributed by atoms with E-state index in [-0.39, 0.29) is 17.2 Å². The maximum absolute atomic E-state index is 6.20. The van der Waals surface area contributed by atoms with Gasteiger partial charge in [0.25, 0.3) is 0 Å². The number of hydrogen-bond acceptors (Lipinski definition) is 4. The molecule has 1 spiro atoms. The van der Waals surface area contributed by atoms with Gasteiger partial charge in [0.2, 0.25) is 0 Å². The molecule has 2 aliphatic rings. The summed E-state index contributed by atoms with van der Waals surface area (Å²) >= 11 is 0. The van der Waals surface area contributed by atoms with E-state index in [1.807, 2.05) is 17.9 Å². The molecule has 0 aromatic carbocycles. The number of nitrogens with zero attached hydrogens (tertiary/aromatic N) is 2. The van der Waals surface area contributed by atoms with Crippen LogP contribution in [0.15, 0.2) is 12.3 Å². The third kappa shape index (κ3) is 1.54. The standard InChI is InChI=1S/C13H21N3O2/c1-12(2)13(5-8-17-12)11(14-7-9-18-13)10-4-6-15-16(10)3/h4,6,11,14H,5,7-9H2,1-3H3. The predicted molar refractivity (Wildman–Crippen MR) is 67.3 cm³/mol. The molecule has 2 aliphatic heterocycles. The molecule has 100 valence electrons. The lowest BCUT2D eigenvalue weighted by molar-refractivity contribution is -0.173. The van der Waals surface area contributed by atoms with E-state index in [1.54, 1.807) is 0 Å². The van der Waals surface area contributed by atoms with Gasteiger partial charge in [-0.05, 0) is 19.9 Å². The Labute approximate surface area is 107 Å². The van der Waals surface area contributed by atoms with Crippen molar-refractivity contribution >= 4 is 0 Å². The summed E-state index contributed by atoms with van der Waals surface area (Å²) in [5.41, 5.74) is 0.585. The summed E-state index contributed by atoms with van der Waals surface area (Å²) in [5.74, 6) is 0. The molecule has 3 rings (SSSR count). The normalized spacial score (nSPS) is 35.2. The van der Waals surface area contributed by atoms with E-state index >= 15 is 0 Å². The Morgan fingerprint density at radius 2 is 2.22 bits per heavy atom. The first-order valence-corrected chi connectivity index (χ1v) is 6.56. The van der Waals surface area contributed by atoms with Crippen LogP contribution >= 0.6 is 0 Å². The minimum atomic E-state index is -0.293. The van der Waals surface area contributed by atoms with Crippen LogP contribution in [0.5, 0.6) is 0 Å². The number of morpholine rings is 1. The van der Waals surface area contributed by atoms with Crippen LogP contribution in [0, 0.1) is 0 Å². The van der Waals surface area contributed by atoms with E-state index in [2.05, 4.69) is 30.3 Å². The van der Waals surface area contributed by atoms with Gasteiger partial charge in [-0.3, -0.25) is 4.68 Å². The Kier molecular flexibility index (Phi) is 2.73. The van der Waals surface area contributed by atoms with Crippen LogP contribution in [0.25, 0.3) is 0 Å². The Bertz CT molecular complexity index is 443. The van der Waals surface area contributed by atoms with Crippen LogP contribution in [-0.2, 0) is 16.5 Å². The minimum Gasteiger partial charge on any atom is -0.372 e. The third-order valence-corrected chi connectivity index (χ3v) is 4.39. The Morgan fingerprint density at radius 3 is 2.83 bits per heavy atom. The minimum absolute atomic E-state index is 0.135. The molecule has 0 saturated carbocycles. The number of ether oxygens (including phenoxy) is 2. The summed E-state index contributed by atoms with van der Waals surface area (Å²) < 4.78 is 14.0. The molecule has 1 aromatic heterocycles. The summed E-state index contributed by atoms with van der Waals surface area (Å²) in [6.07, 6.45) is 2.75. The number of rotatable bonds is 1. The molecule has 2 saturated heterocycles. The number of hydrogen-bond donors (Lipinski definition) is 1. The van der Waals surface area contributed by atoms with Crippen molar-refractivity contribution in [1.29, 1.82) is 0 Å². The molecule has 3 heterocycles. The Hall–Kier alpha value is -0.910. The highest BCUT2D eigenvalue weighted by Crippen LogP contribution is 2.48. The molecule has 1 N–H and O–H groups in total. The van der Waals surface area contributed by atoms with Crippen molar-refractivity contribution in [2.45, 2.75) is 37.5 Å². The average molecular weight is 251 g/mol. The molecule has 1 aromatic rings. The van der Waals surface area contributed by atoms with Crippen LogP contribution < -0.4 is 5.32 Å². The molecule has 0 aliphatic carbocycles. The summed E-state index contributed by atoms with van der Waals surface area (Å²) in [5, 5.41) is 7.86. The van der Waals surface area contributed by atoms with Gasteiger partial charge in [0.15, 0.2) is 0 Å². The molecule has 2 atom stereocenters. The fourth-order valence-corrected chi connectivity index (χ4v) is 3.31. The molecular weight excluding hydrogens is 230 g/mol. The Morgan fingerprint density at radius 1 is 1.39 bits per heavy atom. The quantitative estimate of drug-likeness (QED) is 0.809. The van der Waals surface area contributed by atoms with Crippen molar-refractivity contribution in [2.24, 2.45) is 7.05 Å². The van der Waals surface area contributed by atoms with Crippen LogP contribution in [0.4, 0.5) is 0 Å². The van der Waals surface area contributed by atoms with Crippen molar-refractivity contribution in [3.63, 3.8) is 0 Å². The lowest BCUT2D eigenvalue weighted by atomic mass is 9.76. The first-order valence-electron chi connectivity index (χ1n) is 6.56. The fourth-order valence-electron chi connectivity index (χ4n) is 3.31. The third-order valence-electron chi connectivity index (χ3n) is 4.39. The highest BCUT2D eigenvalue weighted by atomic mass is 16.6. The lowest BCUT2D eigenvalue weighted by Crippen LogP contribution is -2.61. The second-order valence-corrected chi connectivity index (χ2v) is 5.61. The molecule has 0 amide bonds. The van der Waals surface area contributed by atoms with Crippen LogP contribution in [0.3, 0.4) is 0 Å². The van der Waals surface area contributed by atoms with E-state index < -0.39 is 0 Å². The van der Waals surface area contributed by atoms with E-state index in [0.717, 1.165) is 31.9 Å². The van der Waals surface area contributed by atoms with E-state index in [1.165, 1.54) is 0 Å². The second kappa shape index (κ2) is 4.05. The molecule has 2 unspecified atom stereocenters. The average Bonchev–Trinajstić information content (AvgIpc) is 2.86. The van der Waals surface area contributed by atoms with Crippen molar-refractivity contribution in [3.8, 4) is 0 Å². The molecule has 0 radical (unpaired) electrons. The largest absolute Gasteiger partial charge is 0.372 e. The molecule has 5 heteroatoms. The summed E-state index contributed by atoms with van der Waals surface area (Å²) in [6, 6.07) is 2.19. The van der Waals surface area contributed by atoms with Gasteiger partial charge in [-0.25, -0.2) is 0 Å². The van der Waals surface area contributed by atoms with Crippen molar-refractivity contribution in [1.82, 2.24) is 15.1 Å². The van der Waals surface area contributed by atoms with Crippen molar-refractivity contribution < 1.29 is 9.47 Å². The first-order chi connectivity index (χ1) is 8.57. The van der Waals surface area contributed by atoms with E-state index in [4.69, 9.17) is 9.47 Å². The van der Waals surface area contributed by atoms with Crippen LogP contribution in [-0.4, -0.2) is 40.7 Å². The topological polar surface area (TPSA) is 48.3 Å². The SMILES string of the molecule is Cn1nccc1C1NCCOC12CCOC2(C)C. The van der Waals surface area contributed by atoms with E-state index in [9.17, 15) is 0 Å². The highest BCUT2D eigenvalue weighted by Gasteiger charge is 2.58. The number of aryl methyl sites for hydroxylation is 1. The van der Waals surface area contributed by atoms with Crippen molar-refractivity contribution in [3.05, 3.63) is 18.0 Å². The summed E-state index contributed by atoms with van der Waals surface area (Å²) in [7, 11) is 1.97. The van der Waals surface area contributed by atoms with Crippen LogP contribution in [0.1, 0.15) is 32.0 Å². The zero-order valence-corrected chi connectivity index (χ0v) is 11.3. The van der Waals surface area contributed by atoms with Gasteiger partial charge in [0.05, 0.1) is 30.6 Å². The second-order valence-electron chi connectivity index (χ2n) is 5.61. The highest BCUT2D eigenvalue weighted by molar-refractivity contribution is 5.20. The molecular formula is C13H21N3O2. The molecule has 5 nitrogen and oxygen atoms in total. The maximum Gasteiger partial charge on any atom is 0.120 e. The zero-order valence-electron chi connectivity index (χ0n) is 11.3. The summed E-state index contributed by atoms with van der Waals surface area (Å²) in [4.78, 5) is 0. The number of nitrogens with one attached hydrogen (secondary N) is 1. The van der Waals surface area contributed by atoms with E-state index in [0.29, 0.717) is 0 Å². The smallest absolute Gasteiger partial charge is 0.120 e. The van der Waals surface area contributed by atoms with Crippen LogP contribution in [0.2, 0.25) is 0 Å². The fraction of sp³-hybridized carbons (Fsp3) is 0.769. The zero-order chi connectivity index (χ0) is 12.8. The summed E-state index contributed by atoms with van der Waals surface area (Å²) in [6.45, 7) is 6.60. The number of aromatic nitrogens is 2. The molecule has 18 heavy (non-hydrogen) atoms. The monoisotopic (exact) mass is 251 g/mol. The van der Waals surface area contributed by atoms with Gasteiger partial charge in [-0.1, -0.05) is 0 Å². The molecule has 0 bridgehead atoms.